The number of fused-ring (bicyclic) bond motifs is 2. The van der Waals surface area contributed by atoms with E-state index in [4.69, 9.17) is 11.6 Å². The number of carbonyl (C=O) groups is 1. The Morgan fingerprint density at radius 3 is 2.42 bits per heavy atom. The number of benzene rings is 3. The number of aryl methyl sites for hydroxylation is 2. The van der Waals surface area contributed by atoms with Gasteiger partial charge in [-0.3, -0.25) is 4.79 Å². The van der Waals surface area contributed by atoms with Crippen LogP contribution in [0, 0.1) is 0 Å². The first kappa shape index (κ1) is 23.3. The SMILES string of the molecule is CC(=O)Nc1ccc(S(=O)(=O)NCCCN2c3ccccc3CCc3cc(Cl)ccc32)cc1. The van der Waals surface area contributed by atoms with Crippen LogP contribution in [-0.4, -0.2) is 27.4 Å². The molecular weight excluding hydrogens is 458 g/mol. The average molecular weight is 484 g/mol. The van der Waals surface area contributed by atoms with Crippen molar-refractivity contribution >= 4 is 44.6 Å². The lowest BCUT2D eigenvalue weighted by Crippen LogP contribution is -2.28. The van der Waals surface area contributed by atoms with Crippen molar-refractivity contribution in [3.05, 3.63) is 82.9 Å². The molecule has 0 aromatic heterocycles. The molecule has 172 valence electrons. The summed E-state index contributed by atoms with van der Waals surface area (Å²) in [6, 6.07) is 20.4. The second-order valence-electron chi connectivity index (χ2n) is 8.01. The molecule has 0 radical (unpaired) electrons. The molecule has 2 N–H and O–H groups in total. The Morgan fingerprint density at radius 1 is 0.970 bits per heavy atom. The summed E-state index contributed by atoms with van der Waals surface area (Å²) in [5, 5.41) is 3.35. The molecule has 3 aromatic rings. The number of hydrogen-bond donors (Lipinski definition) is 2. The summed E-state index contributed by atoms with van der Waals surface area (Å²) in [5.74, 6) is -0.206. The maximum absolute atomic E-state index is 12.7. The lowest BCUT2D eigenvalue weighted by molar-refractivity contribution is -0.114. The van der Waals surface area contributed by atoms with Gasteiger partial charge in [-0.05, 0) is 78.9 Å². The molecule has 6 nitrogen and oxygen atoms in total. The highest BCUT2D eigenvalue weighted by Gasteiger charge is 2.21. The molecular formula is C25H26ClN3O3S. The first-order chi connectivity index (χ1) is 15.8. The van der Waals surface area contributed by atoms with Gasteiger partial charge < -0.3 is 10.2 Å². The number of para-hydroxylation sites is 1. The minimum atomic E-state index is -3.64. The quantitative estimate of drug-likeness (QED) is 0.468. The van der Waals surface area contributed by atoms with Gasteiger partial charge >= 0.3 is 0 Å². The van der Waals surface area contributed by atoms with Crippen molar-refractivity contribution < 1.29 is 13.2 Å². The number of sulfonamides is 1. The van der Waals surface area contributed by atoms with Gasteiger partial charge in [0.15, 0.2) is 0 Å². The van der Waals surface area contributed by atoms with Crippen molar-refractivity contribution in [1.29, 1.82) is 0 Å². The van der Waals surface area contributed by atoms with Gasteiger partial charge in [-0.1, -0.05) is 29.8 Å². The van der Waals surface area contributed by atoms with Crippen LogP contribution in [0.3, 0.4) is 0 Å². The van der Waals surface area contributed by atoms with Gasteiger partial charge in [0.1, 0.15) is 0 Å². The van der Waals surface area contributed by atoms with E-state index in [-0.39, 0.29) is 10.8 Å². The first-order valence-corrected chi connectivity index (χ1v) is 12.7. The molecule has 1 aliphatic rings. The molecule has 8 heteroatoms. The summed E-state index contributed by atoms with van der Waals surface area (Å²) < 4.78 is 28.0. The second kappa shape index (κ2) is 9.95. The highest BCUT2D eigenvalue weighted by Crippen LogP contribution is 2.37. The second-order valence-corrected chi connectivity index (χ2v) is 10.2. The Kier molecular flexibility index (Phi) is 7.02. The fourth-order valence-electron chi connectivity index (χ4n) is 4.09. The minimum absolute atomic E-state index is 0.164. The summed E-state index contributed by atoms with van der Waals surface area (Å²) in [7, 11) is -3.64. The normalized spacial score (nSPS) is 13.1. The van der Waals surface area contributed by atoms with Crippen molar-refractivity contribution in [2.75, 3.05) is 23.3 Å². The van der Waals surface area contributed by atoms with E-state index in [9.17, 15) is 13.2 Å². The smallest absolute Gasteiger partial charge is 0.240 e. The Hall–Kier alpha value is -2.87. The molecule has 0 aliphatic carbocycles. The largest absolute Gasteiger partial charge is 0.341 e. The average Bonchev–Trinajstić information content (AvgIpc) is 2.93. The third-order valence-corrected chi connectivity index (χ3v) is 7.33. The zero-order valence-electron chi connectivity index (χ0n) is 18.3. The number of anilines is 3. The van der Waals surface area contributed by atoms with Crippen LogP contribution in [0.1, 0.15) is 24.5 Å². The van der Waals surface area contributed by atoms with Gasteiger partial charge in [0, 0.05) is 42.1 Å². The first-order valence-electron chi connectivity index (χ1n) is 10.8. The topological polar surface area (TPSA) is 78.5 Å². The minimum Gasteiger partial charge on any atom is -0.341 e. The number of halogens is 1. The van der Waals surface area contributed by atoms with Crippen LogP contribution in [0.4, 0.5) is 17.1 Å². The van der Waals surface area contributed by atoms with Crippen molar-refractivity contribution in [2.45, 2.75) is 31.1 Å². The lowest BCUT2D eigenvalue weighted by Gasteiger charge is -2.27. The number of carbonyl (C=O) groups excluding carboxylic acids is 1. The van der Waals surface area contributed by atoms with Crippen molar-refractivity contribution in [3.8, 4) is 0 Å². The highest BCUT2D eigenvalue weighted by atomic mass is 35.5. The fourth-order valence-corrected chi connectivity index (χ4v) is 5.36. The van der Waals surface area contributed by atoms with Gasteiger partial charge in [-0.25, -0.2) is 13.1 Å². The Balaban J connectivity index is 1.45. The van der Waals surface area contributed by atoms with Gasteiger partial charge in [0.05, 0.1) is 4.90 Å². The molecule has 3 aromatic carbocycles. The van der Waals surface area contributed by atoms with Gasteiger partial charge in [-0.2, -0.15) is 0 Å². The van der Waals surface area contributed by atoms with Gasteiger partial charge in [0.25, 0.3) is 0 Å². The van der Waals surface area contributed by atoms with E-state index in [2.05, 4.69) is 27.1 Å². The van der Waals surface area contributed by atoms with Crippen molar-refractivity contribution in [3.63, 3.8) is 0 Å². The van der Waals surface area contributed by atoms with E-state index in [0.29, 0.717) is 25.2 Å². The molecule has 1 heterocycles. The van der Waals surface area contributed by atoms with E-state index in [1.165, 1.54) is 30.2 Å². The molecule has 4 rings (SSSR count). The molecule has 1 amide bonds. The maximum atomic E-state index is 12.7. The molecule has 33 heavy (non-hydrogen) atoms. The predicted octanol–water partition coefficient (Wildman–Crippen LogP) is 4.90. The summed E-state index contributed by atoms with van der Waals surface area (Å²) in [6.07, 6.45) is 2.46. The summed E-state index contributed by atoms with van der Waals surface area (Å²) >= 11 is 6.24. The van der Waals surface area contributed by atoms with E-state index in [1.54, 1.807) is 12.1 Å². The number of nitrogens with zero attached hydrogens (tertiary/aromatic N) is 1. The Bertz CT molecular complexity index is 1260. The third-order valence-electron chi connectivity index (χ3n) is 5.61. The van der Waals surface area contributed by atoms with Gasteiger partial charge in [0.2, 0.25) is 15.9 Å². The zero-order valence-corrected chi connectivity index (χ0v) is 19.9. The van der Waals surface area contributed by atoms with Gasteiger partial charge in [-0.15, -0.1) is 0 Å². The van der Waals surface area contributed by atoms with Crippen molar-refractivity contribution in [2.24, 2.45) is 0 Å². The van der Waals surface area contributed by atoms with Crippen molar-refractivity contribution in [1.82, 2.24) is 4.72 Å². The lowest BCUT2D eigenvalue weighted by atomic mass is 10.0. The molecule has 0 fully saturated rings. The number of amides is 1. The van der Waals surface area contributed by atoms with Crippen LogP contribution in [-0.2, 0) is 27.7 Å². The molecule has 0 saturated carbocycles. The Labute approximate surface area is 199 Å². The zero-order chi connectivity index (χ0) is 23.4. The van der Waals surface area contributed by atoms with Crippen LogP contribution in [0.15, 0.2) is 71.6 Å². The molecule has 1 aliphatic heterocycles. The monoisotopic (exact) mass is 483 g/mol. The number of hydrogen-bond acceptors (Lipinski definition) is 4. The van der Waals surface area contributed by atoms with Crippen LogP contribution < -0.4 is 14.9 Å². The van der Waals surface area contributed by atoms with E-state index >= 15 is 0 Å². The summed E-state index contributed by atoms with van der Waals surface area (Å²) in [5.41, 5.74) is 5.28. The fraction of sp³-hybridized carbons (Fsp3) is 0.240. The van der Waals surface area contributed by atoms with Crippen LogP contribution in [0.2, 0.25) is 5.02 Å². The molecule has 0 spiro atoms. The van der Waals surface area contributed by atoms with E-state index < -0.39 is 10.0 Å². The highest BCUT2D eigenvalue weighted by molar-refractivity contribution is 7.89. The summed E-state index contributed by atoms with van der Waals surface area (Å²) in [4.78, 5) is 13.6. The molecule has 0 saturated heterocycles. The standard InChI is InChI=1S/C25H26ClN3O3S/c1-18(30)28-22-10-12-23(13-11-22)33(31,32)27-15-4-16-29-24-6-3-2-5-19(24)7-8-20-17-21(26)9-14-25(20)29/h2-3,5-6,9-14,17,27H,4,7-8,15-16H2,1H3,(H,28,30). The number of nitrogens with one attached hydrogen (secondary N) is 2. The van der Waals surface area contributed by atoms with E-state index in [0.717, 1.165) is 29.2 Å². The predicted molar refractivity (Wildman–Crippen MR) is 133 cm³/mol. The van der Waals surface area contributed by atoms with Crippen LogP contribution in [0.5, 0.6) is 0 Å². The molecule has 0 unspecified atom stereocenters. The molecule has 0 bridgehead atoms. The van der Waals surface area contributed by atoms with Crippen LogP contribution in [0.25, 0.3) is 0 Å². The Morgan fingerprint density at radius 2 is 1.67 bits per heavy atom. The molecule has 0 atom stereocenters. The van der Waals surface area contributed by atoms with E-state index in [1.807, 2.05) is 30.3 Å². The van der Waals surface area contributed by atoms with Crippen LogP contribution >= 0.6 is 11.6 Å². The third kappa shape index (κ3) is 5.55. The maximum Gasteiger partial charge on any atom is 0.240 e. The number of rotatable bonds is 7. The summed E-state index contributed by atoms with van der Waals surface area (Å²) in [6.45, 7) is 2.37.